The summed E-state index contributed by atoms with van der Waals surface area (Å²) in [6.45, 7) is 4.58. The second-order valence-corrected chi connectivity index (χ2v) is 9.02. The summed E-state index contributed by atoms with van der Waals surface area (Å²) in [6, 6.07) is 14.4. The standard InChI is InChI=1S/C25H24FN7OS/c1-17-11-18(23-3-2-10-35-23)13-21(12-17)30-20-5-4-19(27-14-20)15-29-32-25-28-16-22(26)24(31-25)33-6-8-34-9-7-33/h2-5,10-14,16,30H,6-9,15H2,1H3. The molecule has 1 aliphatic heterocycles. The van der Waals surface area contributed by atoms with Gasteiger partial charge in [-0.3, -0.25) is 4.98 Å². The van der Waals surface area contributed by atoms with Gasteiger partial charge in [0.1, 0.15) is 6.54 Å². The number of hydrogen-bond acceptors (Lipinski definition) is 9. The van der Waals surface area contributed by atoms with Crippen LogP contribution in [-0.2, 0) is 11.3 Å². The fourth-order valence-corrected chi connectivity index (χ4v) is 4.48. The summed E-state index contributed by atoms with van der Waals surface area (Å²) < 4.78 is 19.5. The highest BCUT2D eigenvalue weighted by atomic mass is 32.1. The summed E-state index contributed by atoms with van der Waals surface area (Å²) in [5.41, 5.74) is 5.01. The molecule has 0 saturated carbocycles. The number of thiophene rings is 1. The van der Waals surface area contributed by atoms with Gasteiger partial charge >= 0.3 is 0 Å². The summed E-state index contributed by atoms with van der Waals surface area (Å²) >= 11 is 1.72. The normalized spacial score (nSPS) is 13.9. The second kappa shape index (κ2) is 10.7. The number of azo groups is 1. The average Bonchev–Trinajstić information content (AvgIpc) is 3.42. The van der Waals surface area contributed by atoms with Gasteiger partial charge in [0.15, 0.2) is 11.6 Å². The third-order valence-corrected chi connectivity index (χ3v) is 6.33. The van der Waals surface area contributed by atoms with Crippen LogP contribution in [0.15, 0.2) is 70.5 Å². The van der Waals surface area contributed by atoms with E-state index < -0.39 is 5.82 Å². The van der Waals surface area contributed by atoms with Crippen molar-refractivity contribution in [2.75, 3.05) is 36.5 Å². The molecule has 0 spiro atoms. The lowest BCUT2D eigenvalue weighted by molar-refractivity contribution is 0.122. The van der Waals surface area contributed by atoms with E-state index in [4.69, 9.17) is 4.74 Å². The van der Waals surface area contributed by atoms with Gasteiger partial charge in [-0.05, 0) is 53.8 Å². The van der Waals surface area contributed by atoms with E-state index in [2.05, 4.69) is 73.1 Å². The van der Waals surface area contributed by atoms with E-state index in [1.807, 2.05) is 17.0 Å². The van der Waals surface area contributed by atoms with Crippen LogP contribution in [-0.4, -0.2) is 41.3 Å². The van der Waals surface area contributed by atoms with E-state index in [-0.39, 0.29) is 18.3 Å². The minimum atomic E-state index is -0.480. The Hall–Kier alpha value is -3.76. The van der Waals surface area contributed by atoms with Gasteiger partial charge in [-0.25, -0.2) is 9.37 Å². The van der Waals surface area contributed by atoms with Gasteiger partial charge in [-0.15, -0.1) is 16.5 Å². The summed E-state index contributed by atoms with van der Waals surface area (Å²) in [7, 11) is 0. The number of aromatic nitrogens is 3. The number of nitrogens with one attached hydrogen (secondary N) is 1. The lowest BCUT2D eigenvalue weighted by atomic mass is 10.1. The summed E-state index contributed by atoms with van der Waals surface area (Å²) in [5.74, 6) is -0.136. The molecule has 3 aromatic heterocycles. The number of pyridine rings is 1. The number of benzene rings is 1. The molecule has 10 heteroatoms. The number of aryl methyl sites for hydroxylation is 1. The van der Waals surface area contributed by atoms with E-state index in [0.717, 1.165) is 23.3 Å². The van der Waals surface area contributed by atoms with E-state index >= 15 is 0 Å². The van der Waals surface area contributed by atoms with Gasteiger partial charge in [0.2, 0.25) is 0 Å². The Morgan fingerprint density at radius 2 is 1.97 bits per heavy atom. The minimum Gasteiger partial charge on any atom is -0.378 e. The van der Waals surface area contributed by atoms with E-state index in [9.17, 15) is 4.39 Å². The Morgan fingerprint density at radius 3 is 2.74 bits per heavy atom. The molecule has 0 aliphatic carbocycles. The molecule has 178 valence electrons. The number of ether oxygens (including phenoxy) is 1. The zero-order valence-corrected chi connectivity index (χ0v) is 20.0. The quantitative estimate of drug-likeness (QED) is 0.325. The molecule has 4 heterocycles. The molecule has 1 N–H and O–H groups in total. The van der Waals surface area contributed by atoms with Crippen LogP contribution in [0.1, 0.15) is 11.3 Å². The van der Waals surface area contributed by atoms with Crippen molar-refractivity contribution >= 4 is 34.5 Å². The van der Waals surface area contributed by atoms with Crippen molar-refractivity contribution in [2.24, 2.45) is 10.2 Å². The SMILES string of the molecule is Cc1cc(Nc2ccc(CN=Nc3ncc(F)c(N4CCOCC4)n3)nc2)cc(-c2cccs2)c1. The summed E-state index contributed by atoms with van der Waals surface area (Å²) in [4.78, 5) is 15.7. The van der Waals surface area contributed by atoms with E-state index in [1.54, 1.807) is 17.5 Å². The van der Waals surface area contributed by atoms with Gasteiger partial charge in [-0.2, -0.15) is 10.1 Å². The zero-order chi connectivity index (χ0) is 24.0. The van der Waals surface area contributed by atoms with Gasteiger partial charge in [0.25, 0.3) is 5.95 Å². The minimum absolute atomic E-state index is 0.118. The summed E-state index contributed by atoms with van der Waals surface area (Å²) in [5, 5.41) is 13.7. The highest BCUT2D eigenvalue weighted by molar-refractivity contribution is 7.13. The number of rotatable bonds is 7. The molecule has 0 unspecified atom stereocenters. The second-order valence-electron chi connectivity index (χ2n) is 8.07. The fourth-order valence-electron chi connectivity index (χ4n) is 3.76. The fraction of sp³-hybridized carbons (Fsp3) is 0.240. The Kier molecular flexibility index (Phi) is 7.01. The monoisotopic (exact) mass is 489 g/mol. The lowest BCUT2D eigenvalue weighted by Gasteiger charge is -2.27. The predicted molar refractivity (Wildman–Crippen MR) is 135 cm³/mol. The maximum Gasteiger partial charge on any atom is 0.270 e. The zero-order valence-electron chi connectivity index (χ0n) is 19.2. The molecule has 0 amide bonds. The number of nitrogens with zero attached hydrogens (tertiary/aromatic N) is 6. The Balaban J connectivity index is 1.22. The van der Waals surface area contributed by atoms with Crippen molar-refractivity contribution in [3.05, 3.63) is 77.3 Å². The first-order chi connectivity index (χ1) is 17.1. The van der Waals surface area contributed by atoms with Crippen LogP contribution in [0.5, 0.6) is 0 Å². The maximum absolute atomic E-state index is 14.2. The summed E-state index contributed by atoms with van der Waals surface area (Å²) in [6.07, 6.45) is 2.89. The highest BCUT2D eigenvalue weighted by Crippen LogP contribution is 2.29. The van der Waals surface area contributed by atoms with Gasteiger partial charge < -0.3 is 15.0 Å². The van der Waals surface area contributed by atoms with Crippen molar-refractivity contribution in [2.45, 2.75) is 13.5 Å². The number of morpholine rings is 1. The molecule has 8 nitrogen and oxygen atoms in total. The molecular weight excluding hydrogens is 465 g/mol. The Morgan fingerprint density at radius 1 is 1.09 bits per heavy atom. The van der Waals surface area contributed by atoms with Crippen LogP contribution in [0.3, 0.4) is 0 Å². The maximum atomic E-state index is 14.2. The molecule has 1 fully saturated rings. The van der Waals surface area contributed by atoms with Crippen molar-refractivity contribution in [3.8, 4) is 10.4 Å². The molecule has 0 bridgehead atoms. The van der Waals surface area contributed by atoms with Crippen LogP contribution in [0.2, 0.25) is 0 Å². The molecule has 1 saturated heterocycles. The van der Waals surface area contributed by atoms with Crippen LogP contribution >= 0.6 is 11.3 Å². The van der Waals surface area contributed by atoms with Crippen LogP contribution < -0.4 is 10.2 Å². The topological polar surface area (TPSA) is 87.9 Å². The molecule has 1 aliphatic rings. The third-order valence-electron chi connectivity index (χ3n) is 5.41. The number of anilines is 3. The van der Waals surface area contributed by atoms with Gasteiger partial charge in [0, 0.05) is 23.7 Å². The average molecular weight is 490 g/mol. The molecule has 5 rings (SSSR count). The van der Waals surface area contributed by atoms with Crippen molar-refractivity contribution in [1.82, 2.24) is 15.0 Å². The molecule has 4 aromatic rings. The van der Waals surface area contributed by atoms with Crippen molar-refractivity contribution < 1.29 is 9.13 Å². The highest BCUT2D eigenvalue weighted by Gasteiger charge is 2.17. The van der Waals surface area contributed by atoms with E-state index in [0.29, 0.717) is 26.3 Å². The molecule has 35 heavy (non-hydrogen) atoms. The molecule has 1 aromatic carbocycles. The van der Waals surface area contributed by atoms with Crippen molar-refractivity contribution in [1.29, 1.82) is 0 Å². The molecule has 0 atom stereocenters. The van der Waals surface area contributed by atoms with Crippen LogP contribution in [0.25, 0.3) is 10.4 Å². The van der Waals surface area contributed by atoms with Crippen LogP contribution in [0, 0.1) is 12.7 Å². The van der Waals surface area contributed by atoms with E-state index in [1.165, 1.54) is 16.0 Å². The van der Waals surface area contributed by atoms with Crippen molar-refractivity contribution in [3.63, 3.8) is 0 Å². The third kappa shape index (κ3) is 5.84. The number of halogens is 1. The Labute approximate surface area is 206 Å². The predicted octanol–water partition coefficient (Wildman–Crippen LogP) is 5.91. The smallest absolute Gasteiger partial charge is 0.270 e. The molecule has 0 radical (unpaired) electrons. The first-order valence-corrected chi connectivity index (χ1v) is 12.1. The van der Waals surface area contributed by atoms with Gasteiger partial charge in [-0.1, -0.05) is 12.1 Å². The Bertz CT molecular complexity index is 1310. The molecular formula is C25H24FN7OS. The van der Waals surface area contributed by atoms with Crippen LogP contribution in [0.4, 0.5) is 27.5 Å². The largest absolute Gasteiger partial charge is 0.378 e. The first-order valence-electron chi connectivity index (χ1n) is 11.2. The van der Waals surface area contributed by atoms with Gasteiger partial charge in [0.05, 0.1) is 37.0 Å². The lowest BCUT2D eigenvalue weighted by Crippen LogP contribution is -2.37. The first kappa shape index (κ1) is 23.0. The number of hydrogen-bond donors (Lipinski definition) is 1.